The van der Waals surface area contributed by atoms with Crippen molar-refractivity contribution in [2.75, 3.05) is 0 Å². The Morgan fingerprint density at radius 1 is 0.469 bits per heavy atom. The van der Waals surface area contributed by atoms with E-state index in [0.717, 1.165) is 88.1 Å². The van der Waals surface area contributed by atoms with Crippen molar-refractivity contribution >= 4 is 65.6 Å². The molecule has 0 bridgehead atoms. The molecule has 0 unspecified atom stereocenters. The Kier molecular flexibility index (Phi) is 5.64. The maximum absolute atomic E-state index is 10.2. The molecule has 0 amide bonds. The number of benzene rings is 7. The number of hydrogen-bond donors (Lipinski definition) is 0. The van der Waals surface area contributed by atoms with Gasteiger partial charge in [-0.3, -0.25) is 0 Å². The molecule has 0 spiro atoms. The Hall–Kier alpha value is -7.08. The molecule has 5 nitrogen and oxygen atoms in total. The second-order valence-electron chi connectivity index (χ2n) is 12.4. The zero-order valence-electron chi connectivity index (χ0n) is 26.1. The van der Waals surface area contributed by atoms with Crippen LogP contribution in [-0.2, 0) is 0 Å². The van der Waals surface area contributed by atoms with E-state index in [1.165, 1.54) is 0 Å². The van der Waals surface area contributed by atoms with E-state index in [9.17, 15) is 10.5 Å². The monoisotopic (exact) mass is 624 g/mol. The molecule has 0 saturated carbocycles. The van der Waals surface area contributed by atoms with E-state index < -0.39 is 0 Å². The molecule has 10 aromatic rings. The molecule has 49 heavy (non-hydrogen) atoms. The van der Waals surface area contributed by atoms with Crippen LogP contribution in [0.4, 0.5) is 0 Å². The van der Waals surface area contributed by atoms with Gasteiger partial charge in [-0.15, -0.1) is 0 Å². The van der Waals surface area contributed by atoms with Crippen molar-refractivity contribution in [3.8, 4) is 34.6 Å². The van der Waals surface area contributed by atoms with Crippen molar-refractivity contribution in [3.63, 3.8) is 0 Å². The first-order valence-electron chi connectivity index (χ1n) is 16.1. The van der Waals surface area contributed by atoms with Gasteiger partial charge >= 0.3 is 0 Å². The average molecular weight is 625 g/mol. The molecule has 0 N–H and O–H groups in total. The number of fused-ring (bicyclic) bond motifs is 10. The number of furan rings is 1. The van der Waals surface area contributed by atoms with Gasteiger partial charge in [-0.2, -0.15) is 10.5 Å². The first-order valence-corrected chi connectivity index (χ1v) is 16.1. The summed E-state index contributed by atoms with van der Waals surface area (Å²) in [6, 6.07) is 54.2. The highest BCUT2D eigenvalue weighted by atomic mass is 16.3. The largest absolute Gasteiger partial charge is 0.455 e. The Morgan fingerprint density at radius 3 is 1.90 bits per heavy atom. The summed E-state index contributed by atoms with van der Waals surface area (Å²) in [6.07, 6.45) is 0. The lowest BCUT2D eigenvalue weighted by Crippen LogP contribution is -2.00. The third kappa shape index (κ3) is 3.85. The van der Waals surface area contributed by atoms with Crippen molar-refractivity contribution in [1.82, 2.24) is 9.13 Å². The fraction of sp³-hybridized carbons (Fsp3) is 0. The summed E-state index contributed by atoms with van der Waals surface area (Å²) in [6.45, 7) is 0. The lowest BCUT2D eigenvalue weighted by Gasteiger charge is -2.16. The lowest BCUT2D eigenvalue weighted by atomic mass is 9.99. The predicted octanol–water partition coefficient (Wildman–Crippen LogP) is 11.2. The average Bonchev–Trinajstić information content (AvgIpc) is 3.82. The topological polar surface area (TPSA) is 70.6 Å². The molecule has 3 heterocycles. The van der Waals surface area contributed by atoms with Crippen LogP contribution < -0.4 is 0 Å². The quantitative estimate of drug-likeness (QED) is 0.196. The van der Waals surface area contributed by atoms with E-state index in [-0.39, 0.29) is 0 Å². The van der Waals surface area contributed by atoms with Crippen LogP contribution >= 0.6 is 0 Å². The Morgan fingerprint density at radius 2 is 1.10 bits per heavy atom. The molecular weight excluding hydrogens is 601 g/mol. The van der Waals surface area contributed by atoms with Gasteiger partial charge in [0.1, 0.15) is 11.2 Å². The molecule has 3 aromatic heterocycles. The van der Waals surface area contributed by atoms with E-state index in [4.69, 9.17) is 4.42 Å². The van der Waals surface area contributed by atoms with Crippen molar-refractivity contribution < 1.29 is 4.42 Å². The fourth-order valence-electron chi connectivity index (χ4n) is 7.67. The molecule has 0 atom stereocenters. The van der Waals surface area contributed by atoms with Gasteiger partial charge in [0.2, 0.25) is 0 Å². The van der Waals surface area contributed by atoms with Gasteiger partial charge in [0.05, 0.1) is 50.7 Å². The molecule has 0 aliphatic heterocycles. The standard InChI is InChI=1S/C44H24N4O/c45-25-27-17-19-40-37(21-27)33-11-3-6-14-38(33)47(40)30-22-29(32-10-2-1-9-28(32)26-46)23-31(24-30)48-39-15-7-4-13-36(39)43-41(48)20-18-35-34-12-5-8-16-42(34)49-44(35)43/h1-24H. The van der Waals surface area contributed by atoms with Crippen LogP contribution in [0.3, 0.4) is 0 Å². The highest BCUT2D eigenvalue weighted by Crippen LogP contribution is 2.42. The summed E-state index contributed by atoms with van der Waals surface area (Å²) in [5.74, 6) is 0. The molecule has 0 radical (unpaired) electrons. The summed E-state index contributed by atoms with van der Waals surface area (Å²) in [7, 11) is 0. The molecule has 0 aliphatic rings. The van der Waals surface area contributed by atoms with Gasteiger partial charge in [-0.1, -0.05) is 72.8 Å². The minimum absolute atomic E-state index is 0.609. The Bertz CT molecular complexity index is 3090. The third-order valence-corrected chi connectivity index (χ3v) is 9.76. The summed E-state index contributed by atoms with van der Waals surface area (Å²) in [4.78, 5) is 0. The SMILES string of the molecule is N#Cc1ccc2c(c1)c1ccccc1n2-c1cc(-c2ccccc2C#N)cc(-n2c3ccccc3c3c4oc5ccccc5c4ccc32)c1. The zero-order valence-corrected chi connectivity index (χ0v) is 26.1. The Balaban J connectivity index is 1.35. The Labute approximate surface area is 280 Å². The molecule has 7 aromatic carbocycles. The summed E-state index contributed by atoms with van der Waals surface area (Å²) < 4.78 is 11.1. The van der Waals surface area contributed by atoms with E-state index in [1.807, 2.05) is 72.8 Å². The van der Waals surface area contributed by atoms with Gasteiger partial charge in [0, 0.05) is 38.3 Å². The normalized spacial score (nSPS) is 11.6. The van der Waals surface area contributed by atoms with Crippen molar-refractivity contribution in [3.05, 3.63) is 157 Å². The maximum atomic E-state index is 10.2. The number of nitriles is 2. The summed E-state index contributed by atoms with van der Waals surface area (Å²) >= 11 is 0. The molecule has 10 rings (SSSR count). The fourth-order valence-corrected chi connectivity index (χ4v) is 7.67. The van der Waals surface area contributed by atoms with Crippen LogP contribution in [0, 0.1) is 22.7 Å². The molecule has 0 fully saturated rings. The summed E-state index contributed by atoms with van der Waals surface area (Å²) in [5, 5.41) is 26.3. The van der Waals surface area contributed by atoms with Gasteiger partial charge in [0.25, 0.3) is 0 Å². The predicted molar refractivity (Wildman–Crippen MR) is 197 cm³/mol. The number of rotatable bonds is 3. The van der Waals surface area contributed by atoms with E-state index in [0.29, 0.717) is 11.1 Å². The summed E-state index contributed by atoms with van der Waals surface area (Å²) in [5.41, 5.74) is 10.8. The lowest BCUT2D eigenvalue weighted by molar-refractivity contribution is 0.673. The van der Waals surface area contributed by atoms with Crippen LogP contribution in [0.2, 0.25) is 0 Å². The van der Waals surface area contributed by atoms with Crippen LogP contribution in [0.1, 0.15) is 11.1 Å². The highest BCUT2D eigenvalue weighted by Gasteiger charge is 2.21. The third-order valence-electron chi connectivity index (χ3n) is 9.76. The number of nitrogens with zero attached hydrogens (tertiary/aromatic N) is 4. The minimum Gasteiger partial charge on any atom is -0.455 e. The first kappa shape index (κ1) is 27.1. The highest BCUT2D eigenvalue weighted by molar-refractivity contribution is 6.24. The van der Waals surface area contributed by atoms with Crippen molar-refractivity contribution in [2.45, 2.75) is 0 Å². The van der Waals surface area contributed by atoms with E-state index in [2.05, 4.69) is 94.1 Å². The molecule has 226 valence electrons. The second-order valence-corrected chi connectivity index (χ2v) is 12.4. The van der Waals surface area contributed by atoms with Crippen LogP contribution in [0.15, 0.2) is 150 Å². The van der Waals surface area contributed by atoms with Gasteiger partial charge in [0.15, 0.2) is 0 Å². The minimum atomic E-state index is 0.609. The van der Waals surface area contributed by atoms with Crippen molar-refractivity contribution in [2.24, 2.45) is 0 Å². The van der Waals surface area contributed by atoms with Gasteiger partial charge in [-0.25, -0.2) is 0 Å². The maximum Gasteiger partial charge on any atom is 0.145 e. The van der Waals surface area contributed by atoms with Gasteiger partial charge in [-0.05, 0) is 83.9 Å². The molecule has 0 aliphatic carbocycles. The molecule has 5 heteroatoms. The van der Waals surface area contributed by atoms with E-state index >= 15 is 0 Å². The van der Waals surface area contributed by atoms with Crippen LogP contribution in [-0.4, -0.2) is 9.13 Å². The number of para-hydroxylation sites is 3. The van der Waals surface area contributed by atoms with Crippen LogP contribution in [0.5, 0.6) is 0 Å². The number of aromatic nitrogens is 2. The second kappa shape index (κ2) is 10.2. The van der Waals surface area contributed by atoms with Gasteiger partial charge < -0.3 is 13.6 Å². The zero-order chi connectivity index (χ0) is 32.6. The molecule has 0 saturated heterocycles. The molecular formula is C44H24N4O. The van der Waals surface area contributed by atoms with Crippen molar-refractivity contribution in [1.29, 1.82) is 10.5 Å². The van der Waals surface area contributed by atoms with E-state index in [1.54, 1.807) is 0 Å². The number of hydrogen-bond acceptors (Lipinski definition) is 3. The first-order chi connectivity index (χ1) is 24.2. The smallest absolute Gasteiger partial charge is 0.145 e. The van der Waals surface area contributed by atoms with Crippen LogP contribution in [0.25, 0.3) is 88.1 Å².